The molecule has 0 fully saturated rings. The number of hydrazone groups is 1. The van der Waals surface area contributed by atoms with Crippen molar-refractivity contribution in [3.05, 3.63) is 53.1 Å². The summed E-state index contributed by atoms with van der Waals surface area (Å²) in [5, 5.41) is 14.0. The molecule has 2 N–H and O–H groups in total. The van der Waals surface area contributed by atoms with E-state index in [0.717, 1.165) is 29.9 Å². The van der Waals surface area contributed by atoms with Crippen molar-refractivity contribution in [1.82, 2.24) is 5.43 Å². The highest BCUT2D eigenvalue weighted by Gasteiger charge is 2.07. The summed E-state index contributed by atoms with van der Waals surface area (Å²) >= 11 is 0. The molecule has 0 heterocycles. The van der Waals surface area contributed by atoms with Crippen molar-refractivity contribution < 1.29 is 14.6 Å². The van der Waals surface area contributed by atoms with Crippen molar-refractivity contribution in [1.29, 1.82) is 0 Å². The van der Waals surface area contributed by atoms with Gasteiger partial charge in [0.25, 0.3) is 5.91 Å². The second-order valence-corrected chi connectivity index (χ2v) is 6.27. The molecule has 2 rings (SSSR count). The molecule has 27 heavy (non-hydrogen) atoms. The minimum absolute atomic E-state index is 0.115. The van der Waals surface area contributed by atoms with Gasteiger partial charge in [0.2, 0.25) is 0 Å². The fourth-order valence-electron chi connectivity index (χ4n) is 2.74. The summed E-state index contributed by atoms with van der Waals surface area (Å²) in [7, 11) is 0. The topological polar surface area (TPSA) is 74.2 Å². The Balaban J connectivity index is 1.90. The van der Waals surface area contributed by atoms with Gasteiger partial charge in [-0.25, -0.2) is 5.43 Å². The van der Waals surface area contributed by atoms with Gasteiger partial charge in [-0.05, 0) is 51.5 Å². The largest absolute Gasteiger partial charge is 0.507 e. The lowest BCUT2D eigenvalue weighted by atomic mass is 10.1. The zero-order valence-corrected chi connectivity index (χ0v) is 16.3. The lowest BCUT2D eigenvalue weighted by Gasteiger charge is -2.21. The second kappa shape index (κ2) is 9.62. The molecule has 0 aliphatic heterocycles. The fourth-order valence-corrected chi connectivity index (χ4v) is 2.74. The molecule has 0 saturated carbocycles. The highest BCUT2D eigenvalue weighted by molar-refractivity contribution is 5.86. The number of carbonyl (C=O) groups is 1. The average molecular weight is 369 g/mol. The van der Waals surface area contributed by atoms with Gasteiger partial charge in [0.05, 0.1) is 6.21 Å². The molecule has 0 unspecified atom stereocenters. The number of hydrogen-bond acceptors (Lipinski definition) is 5. The van der Waals surface area contributed by atoms with Crippen LogP contribution in [0.1, 0.15) is 30.5 Å². The van der Waals surface area contributed by atoms with Crippen LogP contribution < -0.4 is 15.1 Å². The van der Waals surface area contributed by atoms with E-state index in [1.165, 1.54) is 6.21 Å². The predicted molar refractivity (Wildman–Crippen MR) is 109 cm³/mol. The molecule has 0 aromatic heterocycles. The maximum absolute atomic E-state index is 11.9. The molecule has 0 aliphatic carbocycles. The van der Waals surface area contributed by atoms with Gasteiger partial charge in [-0.3, -0.25) is 4.79 Å². The van der Waals surface area contributed by atoms with Crippen molar-refractivity contribution in [2.45, 2.75) is 27.7 Å². The summed E-state index contributed by atoms with van der Waals surface area (Å²) in [6, 6.07) is 11.2. The van der Waals surface area contributed by atoms with Crippen LogP contribution in [-0.2, 0) is 4.79 Å². The van der Waals surface area contributed by atoms with Crippen molar-refractivity contribution >= 4 is 17.8 Å². The summed E-state index contributed by atoms with van der Waals surface area (Å²) in [5.41, 5.74) is 5.99. The van der Waals surface area contributed by atoms with Crippen LogP contribution in [0.5, 0.6) is 11.5 Å². The first kappa shape index (κ1) is 20.3. The molecule has 0 bridgehead atoms. The van der Waals surface area contributed by atoms with Crippen molar-refractivity contribution in [2.24, 2.45) is 5.10 Å². The third kappa shape index (κ3) is 5.74. The van der Waals surface area contributed by atoms with Gasteiger partial charge in [-0.1, -0.05) is 17.7 Å². The fraction of sp³-hybridized carbons (Fsp3) is 0.333. The number of phenolic OH excluding ortho intramolecular Hbond substituents is 1. The molecule has 0 saturated heterocycles. The molecule has 1 amide bonds. The Kier molecular flexibility index (Phi) is 7.23. The number of hydrogen-bond donors (Lipinski definition) is 2. The maximum atomic E-state index is 11.9. The first-order valence-electron chi connectivity index (χ1n) is 9.04. The zero-order valence-electron chi connectivity index (χ0n) is 16.3. The number of phenols is 1. The van der Waals surface area contributed by atoms with E-state index in [-0.39, 0.29) is 18.3 Å². The number of amides is 1. The highest BCUT2D eigenvalue weighted by atomic mass is 16.5. The molecule has 2 aromatic carbocycles. The van der Waals surface area contributed by atoms with Crippen LogP contribution in [0.2, 0.25) is 0 Å². The van der Waals surface area contributed by atoms with Crippen molar-refractivity contribution in [3.8, 4) is 11.5 Å². The van der Waals surface area contributed by atoms with Gasteiger partial charge >= 0.3 is 0 Å². The molecule has 0 aliphatic rings. The number of aryl methyl sites for hydroxylation is 2. The Hall–Kier alpha value is -3.02. The van der Waals surface area contributed by atoms with Gasteiger partial charge in [0.1, 0.15) is 11.5 Å². The van der Waals surface area contributed by atoms with Crippen LogP contribution in [-0.4, -0.2) is 36.9 Å². The van der Waals surface area contributed by atoms with Gasteiger partial charge in [0.15, 0.2) is 6.61 Å². The molecular weight excluding hydrogens is 342 g/mol. The van der Waals surface area contributed by atoms with Crippen LogP contribution in [0.3, 0.4) is 0 Å². The summed E-state index contributed by atoms with van der Waals surface area (Å²) in [6.07, 6.45) is 1.41. The molecule has 0 spiro atoms. The second-order valence-electron chi connectivity index (χ2n) is 6.27. The number of ether oxygens (including phenoxy) is 1. The van der Waals surface area contributed by atoms with Crippen LogP contribution >= 0.6 is 0 Å². The summed E-state index contributed by atoms with van der Waals surface area (Å²) in [6.45, 7) is 9.65. The molecule has 0 atom stereocenters. The smallest absolute Gasteiger partial charge is 0.277 e. The molecule has 144 valence electrons. The van der Waals surface area contributed by atoms with Crippen molar-refractivity contribution in [3.63, 3.8) is 0 Å². The SMILES string of the molecule is CCN(CC)c1ccc(/C=N/NC(=O)COc2ccc(C)cc2C)c(O)c1. The molecule has 2 aromatic rings. The van der Waals surface area contributed by atoms with E-state index in [9.17, 15) is 9.90 Å². The predicted octanol–water partition coefficient (Wildman–Crippen LogP) is 3.38. The van der Waals surface area contributed by atoms with Crippen LogP contribution in [0.4, 0.5) is 5.69 Å². The van der Waals surface area contributed by atoms with Gasteiger partial charge in [0, 0.05) is 30.4 Å². The van der Waals surface area contributed by atoms with E-state index in [4.69, 9.17) is 4.74 Å². The monoisotopic (exact) mass is 369 g/mol. The Morgan fingerprint density at radius 1 is 1.19 bits per heavy atom. The van der Waals surface area contributed by atoms with Crippen LogP contribution in [0, 0.1) is 13.8 Å². The Labute approximate surface area is 160 Å². The van der Waals surface area contributed by atoms with Crippen LogP contribution in [0.15, 0.2) is 41.5 Å². The Morgan fingerprint density at radius 2 is 1.93 bits per heavy atom. The van der Waals surface area contributed by atoms with E-state index in [0.29, 0.717) is 11.3 Å². The highest BCUT2D eigenvalue weighted by Crippen LogP contribution is 2.23. The minimum atomic E-state index is -0.370. The number of anilines is 1. The average Bonchev–Trinajstić information content (AvgIpc) is 2.63. The van der Waals surface area contributed by atoms with E-state index >= 15 is 0 Å². The minimum Gasteiger partial charge on any atom is -0.507 e. The standard InChI is InChI=1S/C21H27N3O3/c1-5-24(6-2)18-9-8-17(19(25)12-18)13-22-23-21(26)14-27-20-10-7-15(3)11-16(20)4/h7-13,25H,5-6,14H2,1-4H3,(H,23,26)/b22-13+. The third-order valence-corrected chi connectivity index (χ3v) is 4.22. The number of rotatable bonds is 8. The first-order chi connectivity index (χ1) is 12.9. The number of nitrogens with zero attached hydrogens (tertiary/aromatic N) is 2. The number of benzene rings is 2. The van der Waals surface area contributed by atoms with Gasteiger partial charge in [-0.2, -0.15) is 5.10 Å². The lowest BCUT2D eigenvalue weighted by Crippen LogP contribution is -2.24. The normalized spacial score (nSPS) is 10.8. The number of carbonyl (C=O) groups excluding carboxylic acids is 1. The Morgan fingerprint density at radius 3 is 2.56 bits per heavy atom. The maximum Gasteiger partial charge on any atom is 0.277 e. The lowest BCUT2D eigenvalue weighted by molar-refractivity contribution is -0.123. The van der Waals surface area contributed by atoms with E-state index in [1.54, 1.807) is 12.1 Å². The molecular formula is C21H27N3O3. The summed E-state index contributed by atoms with van der Waals surface area (Å²) < 4.78 is 5.51. The van der Waals surface area contributed by atoms with Crippen LogP contribution in [0.25, 0.3) is 0 Å². The summed E-state index contributed by atoms with van der Waals surface area (Å²) in [4.78, 5) is 14.0. The molecule has 0 radical (unpaired) electrons. The van der Waals surface area contributed by atoms with Crippen molar-refractivity contribution in [2.75, 3.05) is 24.6 Å². The molecule has 6 heteroatoms. The number of aromatic hydroxyl groups is 1. The Bertz CT molecular complexity index is 814. The first-order valence-corrected chi connectivity index (χ1v) is 9.04. The van der Waals surface area contributed by atoms with E-state index in [2.05, 4.69) is 29.3 Å². The van der Waals surface area contributed by atoms with E-state index < -0.39 is 0 Å². The summed E-state index contributed by atoms with van der Waals surface area (Å²) in [5.74, 6) is 0.416. The zero-order chi connectivity index (χ0) is 19.8. The van der Waals surface area contributed by atoms with E-state index in [1.807, 2.05) is 38.1 Å². The number of nitrogens with one attached hydrogen (secondary N) is 1. The molecule has 6 nitrogen and oxygen atoms in total. The quantitative estimate of drug-likeness (QED) is 0.553. The third-order valence-electron chi connectivity index (χ3n) is 4.22. The van der Waals surface area contributed by atoms with Gasteiger partial charge < -0.3 is 14.7 Å². The van der Waals surface area contributed by atoms with Gasteiger partial charge in [-0.15, -0.1) is 0 Å².